The summed E-state index contributed by atoms with van der Waals surface area (Å²) in [6.45, 7) is 8.95. The second-order valence-electron chi connectivity index (χ2n) is 6.17. The first-order chi connectivity index (χ1) is 9.06. The van der Waals surface area contributed by atoms with Gasteiger partial charge in [-0.2, -0.15) is 0 Å². The third-order valence-electron chi connectivity index (χ3n) is 4.21. The summed E-state index contributed by atoms with van der Waals surface area (Å²) in [6, 6.07) is 1.17. The molecular formula is C14H28N4S. The first kappa shape index (κ1) is 15.1. The molecule has 0 amide bonds. The van der Waals surface area contributed by atoms with Crippen LogP contribution in [0, 0.1) is 5.92 Å². The fourth-order valence-corrected chi connectivity index (χ4v) is 3.60. The smallest absolute Gasteiger partial charge is 0.156 e. The Morgan fingerprint density at radius 2 is 2.16 bits per heavy atom. The van der Waals surface area contributed by atoms with E-state index >= 15 is 0 Å². The van der Waals surface area contributed by atoms with E-state index < -0.39 is 0 Å². The summed E-state index contributed by atoms with van der Waals surface area (Å²) >= 11 is 1.88. The van der Waals surface area contributed by atoms with Crippen molar-refractivity contribution in [2.75, 3.05) is 46.0 Å². The Morgan fingerprint density at radius 1 is 1.37 bits per heavy atom. The molecule has 2 atom stereocenters. The van der Waals surface area contributed by atoms with Crippen LogP contribution in [0.25, 0.3) is 0 Å². The average molecular weight is 284 g/mol. The van der Waals surface area contributed by atoms with E-state index in [1.54, 1.807) is 0 Å². The van der Waals surface area contributed by atoms with Gasteiger partial charge in [-0.25, -0.2) is 0 Å². The molecule has 0 saturated carbocycles. The zero-order valence-electron chi connectivity index (χ0n) is 12.7. The van der Waals surface area contributed by atoms with Crippen LogP contribution in [0.4, 0.5) is 0 Å². The first-order valence-electron chi connectivity index (χ1n) is 7.39. The summed E-state index contributed by atoms with van der Waals surface area (Å²) in [7, 11) is 4.42. The minimum Gasteiger partial charge on any atom is -0.362 e. The van der Waals surface area contributed by atoms with Crippen molar-refractivity contribution in [3.63, 3.8) is 0 Å². The quantitative estimate of drug-likeness (QED) is 0.847. The van der Waals surface area contributed by atoms with Gasteiger partial charge in [0.25, 0.3) is 0 Å². The summed E-state index contributed by atoms with van der Waals surface area (Å²) < 4.78 is 0. The summed E-state index contributed by atoms with van der Waals surface area (Å²) in [4.78, 5) is 9.67. The number of amidine groups is 1. The predicted molar refractivity (Wildman–Crippen MR) is 85.1 cm³/mol. The number of aliphatic imine (C=N–C) groups is 1. The second-order valence-corrected chi connectivity index (χ2v) is 7.26. The number of piperazine rings is 1. The molecule has 2 heterocycles. The number of thioether (sulfide) groups is 1. The fourth-order valence-electron chi connectivity index (χ4n) is 2.63. The van der Waals surface area contributed by atoms with Crippen LogP contribution in [0.5, 0.6) is 0 Å². The van der Waals surface area contributed by atoms with Crippen molar-refractivity contribution < 1.29 is 0 Å². The molecule has 2 saturated heterocycles. The van der Waals surface area contributed by atoms with E-state index in [1.807, 2.05) is 11.8 Å². The Hall–Kier alpha value is -0.260. The normalized spacial score (nSPS) is 32.8. The van der Waals surface area contributed by atoms with E-state index in [-0.39, 0.29) is 0 Å². The van der Waals surface area contributed by atoms with E-state index in [0.717, 1.165) is 24.8 Å². The largest absolute Gasteiger partial charge is 0.362 e. The Labute approximate surface area is 122 Å². The lowest BCUT2D eigenvalue weighted by Crippen LogP contribution is -2.51. The van der Waals surface area contributed by atoms with Crippen molar-refractivity contribution in [2.45, 2.75) is 32.4 Å². The molecule has 2 rings (SSSR count). The maximum atomic E-state index is 4.82. The van der Waals surface area contributed by atoms with Gasteiger partial charge in [0, 0.05) is 37.5 Å². The third kappa shape index (κ3) is 4.36. The SMILES string of the molecule is CC(C)C1CCSC(=NCC2CN(C)CCN2C)N1. The van der Waals surface area contributed by atoms with Gasteiger partial charge in [-0.3, -0.25) is 9.89 Å². The van der Waals surface area contributed by atoms with Crippen molar-refractivity contribution in [3.05, 3.63) is 0 Å². The molecule has 0 spiro atoms. The number of hydrogen-bond acceptors (Lipinski definition) is 4. The standard InChI is InChI=1S/C14H28N4S/c1-11(2)13-5-8-19-14(16-13)15-9-12-10-17(3)6-7-18(12)4/h11-13H,5-10H2,1-4H3,(H,15,16). The zero-order chi connectivity index (χ0) is 13.8. The highest BCUT2D eigenvalue weighted by molar-refractivity contribution is 8.13. The van der Waals surface area contributed by atoms with Gasteiger partial charge >= 0.3 is 0 Å². The molecule has 0 aromatic rings. The lowest BCUT2D eigenvalue weighted by molar-refractivity contribution is 0.119. The molecule has 2 unspecified atom stereocenters. The van der Waals surface area contributed by atoms with Crippen molar-refractivity contribution in [2.24, 2.45) is 10.9 Å². The molecule has 4 nitrogen and oxygen atoms in total. The van der Waals surface area contributed by atoms with Gasteiger partial charge in [-0.1, -0.05) is 25.6 Å². The Balaban J connectivity index is 1.87. The monoisotopic (exact) mass is 284 g/mol. The number of likely N-dealkylation sites (N-methyl/N-ethyl adjacent to an activating group) is 2. The van der Waals surface area contributed by atoms with Gasteiger partial charge in [0.1, 0.15) is 0 Å². The molecule has 0 radical (unpaired) electrons. The van der Waals surface area contributed by atoms with Crippen LogP contribution >= 0.6 is 11.8 Å². The molecule has 0 aromatic carbocycles. The maximum absolute atomic E-state index is 4.82. The molecule has 2 fully saturated rings. The number of nitrogens with one attached hydrogen (secondary N) is 1. The van der Waals surface area contributed by atoms with Crippen LogP contribution in [0.1, 0.15) is 20.3 Å². The topological polar surface area (TPSA) is 30.9 Å². The van der Waals surface area contributed by atoms with E-state index in [0.29, 0.717) is 18.0 Å². The summed E-state index contributed by atoms with van der Waals surface area (Å²) in [5, 5.41) is 4.76. The lowest BCUT2D eigenvalue weighted by Gasteiger charge is -2.37. The molecule has 2 aliphatic heterocycles. The van der Waals surface area contributed by atoms with E-state index in [9.17, 15) is 0 Å². The van der Waals surface area contributed by atoms with Gasteiger partial charge < -0.3 is 10.2 Å². The van der Waals surface area contributed by atoms with Crippen molar-refractivity contribution in [1.82, 2.24) is 15.1 Å². The first-order valence-corrected chi connectivity index (χ1v) is 8.37. The molecule has 0 aliphatic carbocycles. The molecule has 0 aromatic heterocycles. The van der Waals surface area contributed by atoms with Crippen molar-refractivity contribution in [3.8, 4) is 0 Å². The minimum absolute atomic E-state index is 0.563. The van der Waals surface area contributed by atoms with Gasteiger partial charge in [0.05, 0.1) is 6.54 Å². The predicted octanol–water partition coefficient (Wildman–Crippen LogP) is 1.34. The van der Waals surface area contributed by atoms with Crippen LogP contribution < -0.4 is 5.32 Å². The van der Waals surface area contributed by atoms with E-state index in [4.69, 9.17) is 4.99 Å². The van der Waals surface area contributed by atoms with Crippen LogP contribution in [0.3, 0.4) is 0 Å². The highest BCUT2D eigenvalue weighted by Gasteiger charge is 2.23. The Kier molecular flexibility index (Phi) is 5.54. The zero-order valence-corrected chi connectivity index (χ0v) is 13.5. The molecule has 0 bridgehead atoms. The van der Waals surface area contributed by atoms with Gasteiger partial charge in [0.2, 0.25) is 0 Å². The van der Waals surface area contributed by atoms with Gasteiger partial charge in [-0.05, 0) is 26.4 Å². The Bertz CT molecular complexity index is 319. The van der Waals surface area contributed by atoms with Crippen LogP contribution in [-0.2, 0) is 0 Å². The number of nitrogens with zero attached hydrogens (tertiary/aromatic N) is 3. The molecule has 2 aliphatic rings. The van der Waals surface area contributed by atoms with E-state index in [1.165, 1.54) is 18.7 Å². The minimum atomic E-state index is 0.563. The maximum Gasteiger partial charge on any atom is 0.156 e. The van der Waals surface area contributed by atoms with E-state index in [2.05, 4.69) is 43.1 Å². The second kappa shape index (κ2) is 6.95. The van der Waals surface area contributed by atoms with Crippen LogP contribution in [0.15, 0.2) is 4.99 Å². The van der Waals surface area contributed by atoms with Crippen LogP contribution in [0.2, 0.25) is 0 Å². The molecule has 110 valence electrons. The molecule has 5 heteroatoms. The van der Waals surface area contributed by atoms with Gasteiger partial charge in [0.15, 0.2) is 5.17 Å². The molecule has 19 heavy (non-hydrogen) atoms. The number of rotatable bonds is 3. The summed E-state index contributed by atoms with van der Waals surface area (Å²) in [5.74, 6) is 1.89. The van der Waals surface area contributed by atoms with Gasteiger partial charge in [-0.15, -0.1) is 0 Å². The molecular weight excluding hydrogens is 256 g/mol. The summed E-state index contributed by atoms with van der Waals surface area (Å²) in [6.07, 6.45) is 1.26. The highest BCUT2D eigenvalue weighted by Crippen LogP contribution is 2.19. The third-order valence-corrected chi connectivity index (χ3v) is 5.17. The number of hydrogen-bond donors (Lipinski definition) is 1. The average Bonchev–Trinajstić information content (AvgIpc) is 2.40. The summed E-state index contributed by atoms with van der Waals surface area (Å²) in [5.41, 5.74) is 0. The van der Waals surface area contributed by atoms with Crippen molar-refractivity contribution in [1.29, 1.82) is 0 Å². The highest BCUT2D eigenvalue weighted by atomic mass is 32.2. The molecule has 1 N–H and O–H groups in total. The fraction of sp³-hybridized carbons (Fsp3) is 0.929. The Morgan fingerprint density at radius 3 is 2.89 bits per heavy atom. The van der Waals surface area contributed by atoms with Crippen LogP contribution in [-0.4, -0.2) is 73.1 Å². The lowest BCUT2D eigenvalue weighted by atomic mass is 10.0. The van der Waals surface area contributed by atoms with Crippen molar-refractivity contribution >= 4 is 16.9 Å².